The van der Waals surface area contributed by atoms with Gasteiger partial charge in [0.1, 0.15) is 0 Å². The predicted molar refractivity (Wildman–Crippen MR) is 132 cm³/mol. The smallest absolute Gasteiger partial charge is 0.151 e. The van der Waals surface area contributed by atoms with Crippen LogP contribution >= 0.6 is 0 Å². The van der Waals surface area contributed by atoms with Gasteiger partial charge in [0.15, 0.2) is 11.5 Å². The lowest BCUT2D eigenvalue weighted by molar-refractivity contribution is 0.477. The topological polar surface area (TPSA) is 12.5 Å². The SMILES string of the molecule is c1ccc(-c2cc(-c3ccccc3)cc(N3c4ccccc4Oc4ccccc43)c2)cc1. The van der Waals surface area contributed by atoms with E-state index in [4.69, 9.17) is 4.74 Å². The minimum absolute atomic E-state index is 0.859. The van der Waals surface area contributed by atoms with Crippen molar-refractivity contribution in [1.82, 2.24) is 0 Å². The van der Waals surface area contributed by atoms with Crippen LogP contribution in [0.15, 0.2) is 127 Å². The summed E-state index contributed by atoms with van der Waals surface area (Å²) >= 11 is 0. The zero-order valence-electron chi connectivity index (χ0n) is 17.5. The number of nitrogens with zero attached hydrogens (tertiary/aromatic N) is 1. The molecule has 0 spiro atoms. The molecule has 0 fully saturated rings. The molecular weight excluding hydrogens is 390 g/mol. The third kappa shape index (κ3) is 3.23. The van der Waals surface area contributed by atoms with E-state index in [-0.39, 0.29) is 0 Å². The molecule has 0 saturated heterocycles. The lowest BCUT2D eigenvalue weighted by atomic mass is 9.97. The Kier molecular flexibility index (Phi) is 4.47. The van der Waals surface area contributed by atoms with Crippen LogP contribution in [-0.4, -0.2) is 0 Å². The molecule has 0 saturated carbocycles. The van der Waals surface area contributed by atoms with E-state index in [0.29, 0.717) is 0 Å². The molecule has 0 bridgehead atoms. The normalized spacial score (nSPS) is 11.9. The van der Waals surface area contributed by atoms with Gasteiger partial charge in [-0.2, -0.15) is 0 Å². The van der Waals surface area contributed by atoms with E-state index in [1.165, 1.54) is 22.3 Å². The average Bonchev–Trinajstić information content (AvgIpc) is 2.88. The van der Waals surface area contributed by atoms with Gasteiger partial charge in [0.05, 0.1) is 11.4 Å². The summed E-state index contributed by atoms with van der Waals surface area (Å²) in [7, 11) is 0. The largest absolute Gasteiger partial charge is 0.453 e. The fraction of sp³-hybridized carbons (Fsp3) is 0. The molecule has 1 heterocycles. The fourth-order valence-electron chi connectivity index (χ4n) is 4.32. The van der Waals surface area contributed by atoms with Crippen LogP contribution in [0, 0.1) is 0 Å². The Balaban J connectivity index is 1.61. The van der Waals surface area contributed by atoms with E-state index in [0.717, 1.165) is 28.6 Å². The van der Waals surface area contributed by atoms with E-state index >= 15 is 0 Å². The number of hydrogen-bond acceptors (Lipinski definition) is 2. The summed E-state index contributed by atoms with van der Waals surface area (Å²) in [6, 6.07) is 44.3. The lowest BCUT2D eigenvalue weighted by Crippen LogP contribution is -2.15. The van der Waals surface area contributed by atoms with Gasteiger partial charge in [-0.15, -0.1) is 0 Å². The lowest BCUT2D eigenvalue weighted by Gasteiger charge is -2.33. The standard InChI is InChI=1S/C30H21NO/c1-3-11-22(12-4-1)24-19-25(23-13-5-2-6-14-23)21-26(20-24)31-27-15-7-9-17-29(27)32-30-18-10-8-16-28(30)31/h1-21H. The molecule has 0 N–H and O–H groups in total. The summed E-state index contributed by atoms with van der Waals surface area (Å²) in [6.45, 7) is 0. The van der Waals surface area contributed by atoms with Crippen molar-refractivity contribution in [1.29, 1.82) is 0 Å². The first-order valence-corrected chi connectivity index (χ1v) is 10.8. The highest BCUT2D eigenvalue weighted by Crippen LogP contribution is 2.51. The van der Waals surface area contributed by atoms with Crippen molar-refractivity contribution in [2.24, 2.45) is 0 Å². The number of hydrogen-bond donors (Lipinski definition) is 0. The molecule has 1 aliphatic heterocycles. The van der Waals surface area contributed by atoms with Crippen molar-refractivity contribution in [3.63, 3.8) is 0 Å². The minimum Gasteiger partial charge on any atom is -0.453 e. The van der Waals surface area contributed by atoms with E-state index in [9.17, 15) is 0 Å². The van der Waals surface area contributed by atoms with Crippen molar-refractivity contribution in [3.8, 4) is 33.8 Å². The molecule has 5 aromatic carbocycles. The first-order valence-electron chi connectivity index (χ1n) is 10.8. The number of fused-ring (bicyclic) bond motifs is 2. The van der Waals surface area contributed by atoms with Crippen molar-refractivity contribution in [3.05, 3.63) is 127 Å². The highest BCUT2D eigenvalue weighted by atomic mass is 16.5. The molecular formula is C30H21NO. The number of ether oxygens (including phenoxy) is 1. The molecule has 152 valence electrons. The summed E-state index contributed by atoms with van der Waals surface area (Å²) in [5, 5.41) is 0. The van der Waals surface area contributed by atoms with Crippen molar-refractivity contribution in [2.75, 3.05) is 4.90 Å². The minimum atomic E-state index is 0.859. The van der Waals surface area contributed by atoms with Gasteiger partial charge in [-0.3, -0.25) is 0 Å². The number of rotatable bonds is 3. The zero-order valence-corrected chi connectivity index (χ0v) is 17.5. The molecule has 2 nitrogen and oxygen atoms in total. The molecule has 0 radical (unpaired) electrons. The molecule has 0 aromatic heterocycles. The molecule has 32 heavy (non-hydrogen) atoms. The van der Waals surface area contributed by atoms with E-state index < -0.39 is 0 Å². The Labute approximate surface area is 188 Å². The van der Waals surface area contributed by atoms with Gasteiger partial charge in [-0.25, -0.2) is 0 Å². The average molecular weight is 412 g/mol. The molecule has 6 rings (SSSR count). The summed E-state index contributed by atoms with van der Waals surface area (Å²) in [6.07, 6.45) is 0. The van der Waals surface area contributed by atoms with E-state index in [1.54, 1.807) is 0 Å². The van der Waals surface area contributed by atoms with Crippen molar-refractivity contribution >= 4 is 17.1 Å². The van der Waals surface area contributed by atoms with E-state index in [2.05, 4.69) is 108 Å². The second-order valence-corrected chi connectivity index (χ2v) is 7.87. The summed E-state index contributed by atoms with van der Waals surface area (Å²) < 4.78 is 6.22. The fourth-order valence-corrected chi connectivity index (χ4v) is 4.32. The Morgan fingerprint density at radius 1 is 0.406 bits per heavy atom. The van der Waals surface area contributed by atoms with Crippen LogP contribution in [-0.2, 0) is 0 Å². The van der Waals surface area contributed by atoms with Crippen LogP contribution in [0.5, 0.6) is 11.5 Å². The Bertz CT molecular complexity index is 1290. The quantitative estimate of drug-likeness (QED) is 0.289. The maximum absolute atomic E-state index is 6.22. The van der Waals surface area contributed by atoms with Gasteiger partial charge in [0.25, 0.3) is 0 Å². The number of anilines is 3. The zero-order chi connectivity index (χ0) is 21.3. The van der Waals surface area contributed by atoms with Gasteiger partial charge >= 0.3 is 0 Å². The van der Waals surface area contributed by atoms with Gasteiger partial charge in [0.2, 0.25) is 0 Å². The summed E-state index contributed by atoms with van der Waals surface area (Å²) in [5.41, 5.74) is 7.94. The van der Waals surface area contributed by atoms with Gasteiger partial charge in [-0.1, -0.05) is 84.9 Å². The maximum atomic E-state index is 6.22. The molecule has 1 aliphatic rings. The highest BCUT2D eigenvalue weighted by molar-refractivity contribution is 5.89. The summed E-state index contributed by atoms with van der Waals surface area (Å²) in [4.78, 5) is 2.30. The van der Waals surface area contributed by atoms with Crippen LogP contribution < -0.4 is 9.64 Å². The number of para-hydroxylation sites is 4. The molecule has 0 amide bonds. The van der Waals surface area contributed by atoms with Gasteiger partial charge < -0.3 is 9.64 Å². The van der Waals surface area contributed by atoms with Gasteiger partial charge in [-0.05, 0) is 64.7 Å². The second-order valence-electron chi connectivity index (χ2n) is 7.87. The third-order valence-electron chi connectivity index (χ3n) is 5.82. The number of benzene rings is 5. The maximum Gasteiger partial charge on any atom is 0.151 e. The first-order chi connectivity index (χ1) is 15.9. The van der Waals surface area contributed by atoms with E-state index in [1.807, 2.05) is 24.3 Å². The Morgan fingerprint density at radius 2 is 0.844 bits per heavy atom. The molecule has 0 atom stereocenters. The Morgan fingerprint density at radius 3 is 1.34 bits per heavy atom. The molecule has 5 aromatic rings. The van der Waals surface area contributed by atoms with Crippen LogP contribution in [0.3, 0.4) is 0 Å². The van der Waals surface area contributed by atoms with Crippen molar-refractivity contribution < 1.29 is 4.74 Å². The molecule has 0 aliphatic carbocycles. The van der Waals surface area contributed by atoms with Gasteiger partial charge in [0, 0.05) is 5.69 Å². The highest BCUT2D eigenvalue weighted by Gasteiger charge is 2.25. The summed E-state index contributed by atoms with van der Waals surface area (Å²) in [5.74, 6) is 1.72. The Hall–Kier alpha value is -4.30. The third-order valence-corrected chi connectivity index (χ3v) is 5.82. The second kappa shape index (κ2) is 7.75. The first kappa shape index (κ1) is 18.5. The van der Waals surface area contributed by atoms with Crippen LogP contribution in [0.1, 0.15) is 0 Å². The molecule has 2 heteroatoms. The predicted octanol–water partition coefficient (Wildman–Crippen LogP) is 8.60. The molecule has 0 unspecified atom stereocenters. The van der Waals surface area contributed by atoms with Crippen molar-refractivity contribution in [2.45, 2.75) is 0 Å². The monoisotopic (exact) mass is 411 g/mol. The van der Waals surface area contributed by atoms with Crippen LogP contribution in [0.25, 0.3) is 22.3 Å². The van der Waals surface area contributed by atoms with Crippen LogP contribution in [0.2, 0.25) is 0 Å². The van der Waals surface area contributed by atoms with Crippen LogP contribution in [0.4, 0.5) is 17.1 Å².